The first-order valence-corrected chi connectivity index (χ1v) is 9.48. The Bertz CT molecular complexity index is 612. The molecule has 1 unspecified atom stereocenters. The Kier molecular flexibility index (Phi) is 7.98. The molecule has 1 rings (SSSR count). The predicted molar refractivity (Wildman–Crippen MR) is 95.8 cm³/mol. The van der Waals surface area contributed by atoms with Gasteiger partial charge in [-0.25, -0.2) is 18.0 Å². The van der Waals surface area contributed by atoms with E-state index in [-0.39, 0.29) is 12.2 Å². The predicted octanol–water partition coefficient (Wildman–Crippen LogP) is 3.72. The summed E-state index contributed by atoms with van der Waals surface area (Å²) in [5.74, 6) is -1.90. The summed E-state index contributed by atoms with van der Waals surface area (Å²) in [6.07, 6.45) is -5.09. The van der Waals surface area contributed by atoms with Crippen molar-refractivity contribution in [3.05, 3.63) is 35.6 Å². The Hall–Kier alpha value is -1.25. The average molecular weight is 393 g/mol. The van der Waals surface area contributed by atoms with Gasteiger partial charge in [-0.05, 0) is 40.7 Å². The summed E-state index contributed by atoms with van der Waals surface area (Å²) in [5, 5.41) is 0. The molecular weight excluding hydrogens is 367 g/mol. The fourth-order valence-corrected chi connectivity index (χ4v) is 3.19. The van der Waals surface area contributed by atoms with Crippen LogP contribution in [0.3, 0.4) is 0 Å². The lowest BCUT2D eigenvalue weighted by Gasteiger charge is -2.37. The summed E-state index contributed by atoms with van der Waals surface area (Å²) in [7, 11) is 0. The summed E-state index contributed by atoms with van der Waals surface area (Å²) in [6, 6.07) is 5.42. The van der Waals surface area contributed by atoms with Crippen molar-refractivity contribution in [2.45, 2.75) is 63.7 Å². The third kappa shape index (κ3) is 5.62. The standard InChI is InChI=1S/C18H26F3NO3S/c1-6-25-16(23)14(20)11-15(21)18(5,22-26(24)17(2,3)4)12-9-7-8-10-13(12)19/h7-10,14-15,22H,6,11H2,1-5H3/t14?,15-,18+,26+/m0/s1. The molecule has 0 fully saturated rings. The number of carbonyl (C=O) groups is 1. The van der Waals surface area contributed by atoms with Crippen molar-refractivity contribution in [2.75, 3.05) is 6.61 Å². The molecule has 8 heteroatoms. The molecule has 0 spiro atoms. The molecule has 4 nitrogen and oxygen atoms in total. The van der Waals surface area contributed by atoms with Gasteiger partial charge in [0.25, 0.3) is 0 Å². The zero-order valence-electron chi connectivity index (χ0n) is 15.6. The highest BCUT2D eigenvalue weighted by atomic mass is 32.2. The second-order valence-electron chi connectivity index (χ2n) is 7.09. The maximum Gasteiger partial charge on any atom is 0.340 e. The van der Waals surface area contributed by atoms with Crippen LogP contribution in [0, 0.1) is 5.82 Å². The molecule has 0 aromatic heterocycles. The minimum Gasteiger partial charge on any atom is -0.598 e. The van der Waals surface area contributed by atoms with Crippen LogP contribution in [-0.2, 0) is 26.4 Å². The van der Waals surface area contributed by atoms with Crippen LogP contribution in [0.2, 0.25) is 0 Å². The maximum atomic E-state index is 15.1. The summed E-state index contributed by atoms with van der Waals surface area (Å²) in [5.41, 5.74) is -1.90. The topological polar surface area (TPSA) is 61.4 Å². The van der Waals surface area contributed by atoms with E-state index in [4.69, 9.17) is 0 Å². The Balaban J connectivity index is 3.19. The lowest BCUT2D eigenvalue weighted by atomic mass is 9.85. The van der Waals surface area contributed by atoms with Crippen molar-refractivity contribution >= 4 is 17.3 Å². The van der Waals surface area contributed by atoms with E-state index in [1.807, 2.05) is 0 Å². The van der Waals surface area contributed by atoms with Gasteiger partial charge in [-0.15, -0.1) is 4.72 Å². The zero-order chi connectivity index (χ0) is 20.1. The molecule has 0 aliphatic heterocycles. The Labute approximate surface area is 155 Å². The van der Waals surface area contributed by atoms with E-state index < -0.39 is 52.2 Å². The molecule has 0 bridgehead atoms. The van der Waals surface area contributed by atoms with Crippen molar-refractivity contribution in [2.24, 2.45) is 0 Å². The third-order valence-electron chi connectivity index (χ3n) is 3.88. The highest BCUT2D eigenvalue weighted by molar-refractivity contribution is 7.90. The number of hydrogen-bond acceptors (Lipinski definition) is 4. The van der Waals surface area contributed by atoms with Gasteiger partial charge in [-0.2, -0.15) is 0 Å². The molecule has 1 N–H and O–H groups in total. The van der Waals surface area contributed by atoms with Crippen molar-refractivity contribution in [1.82, 2.24) is 4.72 Å². The van der Waals surface area contributed by atoms with Gasteiger partial charge in [0.15, 0.2) is 6.17 Å². The number of benzene rings is 1. The van der Waals surface area contributed by atoms with E-state index in [0.29, 0.717) is 0 Å². The molecule has 0 aliphatic rings. The molecule has 1 aromatic rings. The van der Waals surface area contributed by atoms with Gasteiger partial charge in [0.05, 0.1) is 6.61 Å². The molecule has 4 atom stereocenters. The fourth-order valence-electron chi connectivity index (χ4n) is 2.26. The van der Waals surface area contributed by atoms with Crippen LogP contribution < -0.4 is 4.72 Å². The molecule has 148 valence electrons. The van der Waals surface area contributed by atoms with E-state index >= 15 is 4.39 Å². The molecule has 0 aliphatic carbocycles. The SMILES string of the molecule is CCOC(=O)C(F)C[C@H](F)[C@](C)(N[S@+]([O-])C(C)(C)C)c1ccccc1F. The number of alkyl halides is 2. The van der Waals surface area contributed by atoms with E-state index in [9.17, 15) is 18.1 Å². The van der Waals surface area contributed by atoms with Gasteiger partial charge >= 0.3 is 5.97 Å². The first-order chi connectivity index (χ1) is 11.9. The number of nitrogens with one attached hydrogen (secondary N) is 1. The monoisotopic (exact) mass is 393 g/mol. The van der Waals surface area contributed by atoms with Gasteiger partial charge < -0.3 is 9.29 Å². The Morgan fingerprint density at radius 2 is 1.85 bits per heavy atom. The van der Waals surface area contributed by atoms with Gasteiger partial charge in [-0.1, -0.05) is 18.2 Å². The summed E-state index contributed by atoms with van der Waals surface area (Å²) in [6.45, 7) is 7.78. The smallest absolute Gasteiger partial charge is 0.340 e. The highest BCUT2D eigenvalue weighted by Crippen LogP contribution is 2.34. The van der Waals surface area contributed by atoms with Gasteiger partial charge in [0.2, 0.25) is 0 Å². The van der Waals surface area contributed by atoms with Gasteiger partial charge in [0, 0.05) is 23.3 Å². The van der Waals surface area contributed by atoms with Crippen LogP contribution in [0.5, 0.6) is 0 Å². The molecule has 0 saturated heterocycles. The quantitative estimate of drug-likeness (QED) is 0.540. The molecule has 0 radical (unpaired) electrons. The van der Waals surface area contributed by atoms with Crippen LogP contribution in [0.25, 0.3) is 0 Å². The number of halogens is 3. The third-order valence-corrected chi connectivity index (χ3v) is 5.60. The number of ether oxygens (including phenoxy) is 1. The van der Waals surface area contributed by atoms with E-state index in [1.54, 1.807) is 20.8 Å². The van der Waals surface area contributed by atoms with E-state index in [1.165, 1.54) is 32.0 Å². The van der Waals surface area contributed by atoms with Gasteiger partial charge in [-0.3, -0.25) is 0 Å². The van der Waals surface area contributed by atoms with Crippen molar-refractivity contribution in [1.29, 1.82) is 0 Å². The summed E-state index contributed by atoms with van der Waals surface area (Å²) >= 11 is -1.76. The molecule has 0 saturated carbocycles. The number of hydrogen-bond donors (Lipinski definition) is 1. The fraction of sp³-hybridized carbons (Fsp3) is 0.611. The number of rotatable bonds is 8. The summed E-state index contributed by atoms with van der Waals surface area (Å²) in [4.78, 5) is 11.5. The van der Waals surface area contributed by atoms with Crippen LogP contribution in [0.4, 0.5) is 13.2 Å². The minimum absolute atomic E-state index is 0.0346. The Morgan fingerprint density at radius 3 is 2.35 bits per heavy atom. The minimum atomic E-state index is -2.21. The maximum absolute atomic E-state index is 15.1. The first kappa shape index (κ1) is 22.8. The first-order valence-electron chi connectivity index (χ1n) is 8.33. The number of carbonyl (C=O) groups excluding carboxylic acids is 1. The second kappa shape index (κ2) is 9.10. The van der Waals surface area contributed by atoms with Crippen molar-refractivity contribution in [3.8, 4) is 0 Å². The Morgan fingerprint density at radius 1 is 1.27 bits per heavy atom. The lowest BCUT2D eigenvalue weighted by molar-refractivity contribution is -0.150. The molecule has 26 heavy (non-hydrogen) atoms. The van der Waals surface area contributed by atoms with Crippen LogP contribution >= 0.6 is 0 Å². The largest absolute Gasteiger partial charge is 0.598 e. The normalized spacial score (nSPS) is 17.9. The highest BCUT2D eigenvalue weighted by Gasteiger charge is 2.46. The van der Waals surface area contributed by atoms with E-state index in [0.717, 1.165) is 6.07 Å². The average Bonchev–Trinajstić information content (AvgIpc) is 2.54. The molecule has 0 amide bonds. The van der Waals surface area contributed by atoms with Crippen LogP contribution in [0.15, 0.2) is 24.3 Å². The number of esters is 1. The van der Waals surface area contributed by atoms with Crippen molar-refractivity contribution in [3.63, 3.8) is 0 Å². The van der Waals surface area contributed by atoms with Gasteiger partial charge in [0.1, 0.15) is 22.3 Å². The zero-order valence-corrected chi connectivity index (χ0v) is 16.5. The molecular formula is C18H26F3NO3S. The van der Waals surface area contributed by atoms with Crippen molar-refractivity contribution < 1.29 is 27.3 Å². The molecule has 1 aromatic carbocycles. The lowest BCUT2D eigenvalue weighted by Crippen LogP contribution is -2.55. The van der Waals surface area contributed by atoms with Crippen LogP contribution in [-0.4, -0.2) is 34.2 Å². The molecule has 0 heterocycles. The summed E-state index contributed by atoms with van der Waals surface area (Å²) < 4.78 is 62.4. The van der Waals surface area contributed by atoms with Crippen LogP contribution in [0.1, 0.15) is 46.6 Å². The second-order valence-corrected chi connectivity index (χ2v) is 9.05. The van der Waals surface area contributed by atoms with E-state index in [2.05, 4.69) is 9.46 Å².